The lowest BCUT2D eigenvalue weighted by Gasteiger charge is -2.31. The summed E-state index contributed by atoms with van der Waals surface area (Å²) in [4.78, 5) is 19.2. The van der Waals surface area contributed by atoms with Gasteiger partial charge in [-0.2, -0.15) is 9.49 Å². The molecule has 0 radical (unpaired) electrons. The highest BCUT2D eigenvalue weighted by Gasteiger charge is 2.36. The van der Waals surface area contributed by atoms with Gasteiger partial charge in [0.25, 0.3) is 0 Å². The van der Waals surface area contributed by atoms with Crippen molar-refractivity contribution in [2.24, 2.45) is 18.4 Å². The summed E-state index contributed by atoms with van der Waals surface area (Å²) in [6, 6.07) is 12.9. The van der Waals surface area contributed by atoms with Gasteiger partial charge in [-0.25, -0.2) is 26.9 Å². The normalized spacial score (nSPS) is 19.8. The van der Waals surface area contributed by atoms with Crippen molar-refractivity contribution in [3.63, 3.8) is 0 Å². The second kappa shape index (κ2) is 13.5. The first-order valence-electron chi connectivity index (χ1n) is 16.9. The van der Waals surface area contributed by atoms with E-state index in [-0.39, 0.29) is 51.5 Å². The van der Waals surface area contributed by atoms with Crippen molar-refractivity contribution in [1.82, 2.24) is 19.7 Å². The SMILES string of the molecule is C[C@@H](Cc1cccc([C@@]2(C)CCCC(C)(C)CS(=O)(=O)CCc3c(c(F)c(F)c4[nH]ccc34)Oc3ccc(F)c(c3)-c3nc2nn3C)c1)C(=O)O. The number of ether oxygens (including phenoxy) is 1. The number of nitrogens with zero attached hydrogens (tertiary/aromatic N) is 3. The molecule has 1 aliphatic heterocycles. The number of fused-ring (bicyclic) bond motifs is 8. The lowest BCUT2D eigenvalue weighted by atomic mass is 9.75. The van der Waals surface area contributed by atoms with Crippen LogP contribution in [0.4, 0.5) is 13.2 Å². The molecule has 3 heterocycles. The molecule has 270 valence electrons. The zero-order valence-electron chi connectivity index (χ0n) is 29.2. The Morgan fingerprint density at radius 1 is 1.08 bits per heavy atom. The molecule has 0 aliphatic carbocycles. The molecule has 0 unspecified atom stereocenters. The summed E-state index contributed by atoms with van der Waals surface area (Å²) in [6.07, 6.45) is 3.22. The van der Waals surface area contributed by atoms with Gasteiger partial charge >= 0.3 is 5.97 Å². The molecule has 5 aromatic rings. The zero-order chi connectivity index (χ0) is 36.9. The second-order valence-corrected chi connectivity index (χ2v) is 16.8. The van der Waals surface area contributed by atoms with E-state index < -0.39 is 55.8 Å². The van der Waals surface area contributed by atoms with E-state index >= 15 is 13.2 Å². The molecule has 0 amide bonds. The van der Waals surface area contributed by atoms with Crippen molar-refractivity contribution >= 4 is 26.7 Å². The molecule has 0 saturated carbocycles. The molecule has 1 aliphatic rings. The van der Waals surface area contributed by atoms with Crippen LogP contribution in [-0.2, 0) is 39.9 Å². The van der Waals surface area contributed by atoms with E-state index in [0.717, 1.165) is 17.2 Å². The molecule has 3 aromatic carbocycles. The standard InChI is InChI=1S/C38H41F3N4O5S/c1-22(35(46)47)18-23-8-6-9-24(19-23)38(4)15-7-14-37(2,3)21-51(48,49)17-13-27-26-12-16-42-32(26)30(40)31(41)33(27)50-25-10-11-29(39)28(20-25)34-43-36(38)44-45(34)5/h6,8-12,16,19-20,22,42H,7,13-15,17-18,21H2,1-5H3,(H,46,47)/t22-,38+/m0/s1. The number of H-pyrrole nitrogens is 1. The van der Waals surface area contributed by atoms with Crippen LogP contribution in [0.25, 0.3) is 22.3 Å². The molecular formula is C38H41F3N4O5S. The van der Waals surface area contributed by atoms with Crippen LogP contribution in [0.1, 0.15) is 69.5 Å². The van der Waals surface area contributed by atoms with E-state index in [1.165, 1.54) is 23.0 Å². The maximum absolute atomic E-state index is 15.7. The van der Waals surface area contributed by atoms with E-state index in [9.17, 15) is 18.3 Å². The Bertz CT molecular complexity index is 2250. The minimum Gasteiger partial charge on any atom is -0.481 e. The Morgan fingerprint density at radius 2 is 1.84 bits per heavy atom. The minimum absolute atomic E-state index is 0.00936. The van der Waals surface area contributed by atoms with Crippen LogP contribution in [0, 0.1) is 28.8 Å². The number of carboxylic acid groups (broad SMARTS) is 1. The lowest BCUT2D eigenvalue weighted by Crippen LogP contribution is -2.29. The van der Waals surface area contributed by atoms with Crippen molar-refractivity contribution in [1.29, 1.82) is 0 Å². The smallest absolute Gasteiger partial charge is 0.306 e. The van der Waals surface area contributed by atoms with E-state index in [1.807, 2.05) is 45.0 Å². The topological polar surface area (TPSA) is 127 Å². The van der Waals surface area contributed by atoms with Gasteiger partial charge in [0.15, 0.2) is 33.1 Å². The molecule has 2 aromatic heterocycles. The average molecular weight is 723 g/mol. The Kier molecular flexibility index (Phi) is 9.55. The summed E-state index contributed by atoms with van der Waals surface area (Å²) in [5.41, 5.74) is 0.241. The monoisotopic (exact) mass is 722 g/mol. The van der Waals surface area contributed by atoms with Crippen LogP contribution in [0.3, 0.4) is 0 Å². The molecule has 51 heavy (non-hydrogen) atoms. The number of sulfone groups is 1. The number of aromatic amines is 1. The predicted octanol–water partition coefficient (Wildman–Crippen LogP) is 7.91. The van der Waals surface area contributed by atoms with Gasteiger partial charge in [0.05, 0.1) is 33.9 Å². The molecule has 13 heteroatoms. The van der Waals surface area contributed by atoms with Crippen LogP contribution in [0.2, 0.25) is 0 Å². The van der Waals surface area contributed by atoms with E-state index in [0.29, 0.717) is 31.5 Å². The maximum Gasteiger partial charge on any atom is 0.306 e. The first kappa shape index (κ1) is 36.2. The number of aliphatic carboxylic acids is 1. The average Bonchev–Trinajstić information content (AvgIpc) is 3.70. The molecule has 6 rings (SSSR count). The summed E-state index contributed by atoms with van der Waals surface area (Å²) in [5.74, 6) is -5.03. The summed E-state index contributed by atoms with van der Waals surface area (Å²) < 4.78 is 81.2. The first-order valence-corrected chi connectivity index (χ1v) is 18.7. The third-order valence-electron chi connectivity index (χ3n) is 9.94. The number of benzene rings is 3. The number of carbonyl (C=O) groups is 1. The lowest BCUT2D eigenvalue weighted by molar-refractivity contribution is -0.141. The quantitative estimate of drug-likeness (QED) is 0.193. The molecule has 2 atom stereocenters. The van der Waals surface area contributed by atoms with E-state index in [4.69, 9.17) is 14.8 Å². The number of carboxylic acids is 1. The highest BCUT2D eigenvalue weighted by Crippen LogP contribution is 2.41. The summed E-state index contributed by atoms with van der Waals surface area (Å²) >= 11 is 0. The number of hydrogen-bond acceptors (Lipinski definition) is 6. The number of hydrogen-bond donors (Lipinski definition) is 2. The first-order chi connectivity index (χ1) is 24.0. The predicted molar refractivity (Wildman–Crippen MR) is 188 cm³/mol. The molecular weight excluding hydrogens is 682 g/mol. The fraction of sp³-hybridized carbons (Fsp3) is 0.395. The third kappa shape index (κ3) is 7.26. The Morgan fingerprint density at radius 3 is 2.59 bits per heavy atom. The van der Waals surface area contributed by atoms with Crippen LogP contribution < -0.4 is 4.74 Å². The summed E-state index contributed by atoms with van der Waals surface area (Å²) in [5, 5.41) is 14.6. The number of aryl methyl sites for hydroxylation is 2. The minimum atomic E-state index is -3.70. The summed E-state index contributed by atoms with van der Waals surface area (Å²) in [6.45, 7) is 7.39. The zero-order valence-corrected chi connectivity index (χ0v) is 30.0. The number of nitrogens with one attached hydrogen (secondary N) is 1. The van der Waals surface area contributed by atoms with Gasteiger partial charge in [0, 0.05) is 24.2 Å². The number of rotatable bonds is 4. The molecule has 2 N–H and O–H groups in total. The number of halogens is 3. The van der Waals surface area contributed by atoms with Gasteiger partial charge in [0.1, 0.15) is 11.6 Å². The van der Waals surface area contributed by atoms with Crippen LogP contribution in [0.15, 0.2) is 54.7 Å². The summed E-state index contributed by atoms with van der Waals surface area (Å²) in [7, 11) is -2.07. The van der Waals surface area contributed by atoms with Crippen molar-refractivity contribution in [2.45, 2.75) is 65.2 Å². The molecule has 0 saturated heterocycles. The maximum atomic E-state index is 15.7. The fourth-order valence-electron chi connectivity index (χ4n) is 7.12. The van der Waals surface area contributed by atoms with Crippen molar-refractivity contribution in [2.75, 3.05) is 11.5 Å². The van der Waals surface area contributed by atoms with Gasteiger partial charge in [0.2, 0.25) is 5.82 Å². The van der Waals surface area contributed by atoms with E-state index in [1.54, 1.807) is 20.0 Å². The van der Waals surface area contributed by atoms with Gasteiger partial charge < -0.3 is 14.8 Å². The Balaban J connectivity index is 1.51. The van der Waals surface area contributed by atoms with Gasteiger partial charge in [-0.05, 0) is 73.4 Å². The molecule has 0 spiro atoms. The van der Waals surface area contributed by atoms with Crippen molar-refractivity contribution < 1.29 is 36.2 Å². The largest absolute Gasteiger partial charge is 0.481 e. The van der Waals surface area contributed by atoms with Gasteiger partial charge in [-0.3, -0.25) is 4.79 Å². The van der Waals surface area contributed by atoms with Gasteiger partial charge in [-0.15, -0.1) is 0 Å². The van der Waals surface area contributed by atoms with Crippen LogP contribution >= 0.6 is 0 Å². The van der Waals surface area contributed by atoms with Crippen molar-refractivity contribution in [3.8, 4) is 22.9 Å². The molecule has 0 fully saturated rings. The molecule has 4 bridgehead atoms. The van der Waals surface area contributed by atoms with Crippen LogP contribution in [-0.4, -0.2) is 50.7 Å². The third-order valence-corrected chi connectivity index (χ3v) is 12.0. The van der Waals surface area contributed by atoms with Crippen molar-refractivity contribution in [3.05, 3.63) is 94.7 Å². The highest BCUT2D eigenvalue weighted by atomic mass is 32.2. The van der Waals surface area contributed by atoms with E-state index in [2.05, 4.69) is 4.98 Å². The Hall–Kier alpha value is -4.65. The highest BCUT2D eigenvalue weighted by molar-refractivity contribution is 7.91. The fourth-order valence-corrected chi connectivity index (χ4v) is 9.11. The second-order valence-electron chi connectivity index (χ2n) is 14.7. The Labute approximate surface area is 294 Å². The number of aromatic nitrogens is 4. The van der Waals surface area contributed by atoms with Crippen LogP contribution in [0.5, 0.6) is 11.5 Å². The van der Waals surface area contributed by atoms with Gasteiger partial charge in [-0.1, -0.05) is 51.5 Å². The molecule has 9 nitrogen and oxygen atoms in total.